The molecule has 6 nitrogen and oxygen atoms in total. The largest absolute Gasteiger partial charge is 0.331 e. The number of hydrogen-bond donors (Lipinski definition) is 0. The Balaban J connectivity index is 1.50. The molecule has 0 aromatic carbocycles. The van der Waals surface area contributed by atoms with Gasteiger partial charge in [-0.1, -0.05) is 6.07 Å². The summed E-state index contributed by atoms with van der Waals surface area (Å²) in [6, 6.07) is 5.88. The summed E-state index contributed by atoms with van der Waals surface area (Å²) in [5, 5.41) is -0.153. The molecule has 25 heavy (non-hydrogen) atoms. The first-order valence-corrected chi connectivity index (χ1v) is 10.6. The van der Waals surface area contributed by atoms with Gasteiger partial charge >= 0.3 is 0 Å². The highest BCUT2D eigenvalue weighted by Crippen LogP contribution is 2.42. The molecule has 1 spiro atoms. The summed E-state index contributed by atoms with van der Waals surface area (Å²) in [6.45, 7) is 3.54. The maximum absolute atomic E-state index is 12.5. The molecule has 136 valence electrons. The van der Waals surface area contributed by atoms with Crippen LogP contribution < -0.4 is 0 Å². The number of amides is 1. The summed E-state index contributed by atoms with van der Waals surface area (Å²) in [7, 11) is -3.11. The number of aryl methyl sites for hydroxylation is 1. The van der Waals surface area contributed by atoms with E-state index < -0.39 is 10.0 Å². The number of carbonyl (C=O) groups excluding carboxylic acids is 1. The lowest BCUT2D eigenvalue weighted by Crippen LogP contribution is -2.54. The zero-order valence-corrected chi connectivity index (χ0v) is 15.5. The van der Waals surface area contributed by atoms with Gasteiger partial charge in [-0.3, -0.25) is 9.78 Å². The molecule has 0 unspecified atom stereocenters. The number of rotatable bonds is 4. The minimum Gasteiger partial charge on any atom is -0.331 e. The van der Waals surface area contributed by atoms with Crippen molar-refractivity contribution >= 4 is 15.9 Å². The van der Waals surface area contributed by atoms with Gasteiger partial charge in [-0.2, -0.15) is 0 Å². The van der Waals surface area contributed by atoms with Crippen LogP contribution in [0.3, 0.4) is 0 Å². The van der Waals surface area contributed by atoms with E-state index in [1.807, 2.05) is 30.0 Å². The van der Waals surface area contributed by atoms with E-state index in [1.165, 1.54) is 0 Å². The van der Waals surface area contributed by atoms with Crippen molar-refractivity contribution < 1.29 is 13.2 Å². The fourth-order valence-corrected chi connectivity index (χ4v) is 6.08. The molecule has 3 fully saturated rings. The standard InChI is InChI=1S/C18H25N3O3S/c1-14-3-2-4-15(19-14)13-21-17(22)7-8-18(21)9-11-20(12-10-18)25(23,24)16-5-6-16/h2-4,16H,5-13H2,1H3. The summed E-state index contributed by atoms with van der Waals surface area (Å²) in [4.78, 5) is 19.0. The third kappa shape index (κ3) is 3.08. The van der Waals surface area contributed by atoms with Crippen LogP contribution in [0, 0.1) is 6.92 Å². The van der Waals surface area contributed by atoms with Gasteiger partial charge in [0.15, 0.2) is 0 Å². The third-order valence-corrected chi connectivity index (χ3v) is 8.30. The molecule has 7 heteroatoms. The van der Waals surface area contributed by atoms with Crippen molar-refractivity contribution in [3.8, 4) is 0 Å². The van der Waals surface area contributed by atoms with E-state index in [-0.39, 0.29) is 16.7 Å². The lowest BCUT2D eigenvalue weighted by molar-refractivity contribution is -0.133. The van der Waals surface area contributed by atoms with Crippen molar-refractivity contribution in [1.82, 2.24) is 14.2 Å². The number of nitrogens with zero attached hydrogens (tertiary/aromatic N) is 3. The molecule has 1 amide bonds. The maximum atomic E-state index is 12.5. The third-order valence-electron chi connectivity index (χ3n) is 5.90. The first kappa shape index (κ1) is 17.0. The van der Waals surface area contributed by atoms with E-state index in [0.29, 0.717) is 26.1 Å². The Morgan fingerprint density at radius 2 is 1.92 bits per heavy atom. The molecule has 0 radical (unpaired) electrons. The molecule has 3 aliphatic rings. The van der Waals surface area contributed by atoms with Crippen LogP contribution in [0.25, 0.3) is 0 Å². The predicted molar refractivity (Wildman–Crippen MR) is 94.2 cm³/mol. The summed E-state index contributed by atoms with van der Waals surface area (Å²) in [5.41, 5.74) is 1.66. The van der Waals surface area contributed by atoms with Gasteiger partial charge in [0, 0.05) is 30.7 Å². The number of piperidine rings is 1. The van der Waals surface area contributed by atoms with Gasteiger partial charge in [-0.05, 0) is 51.2 Å². The Morgan fingerprint density at radius 1 is 1.20 bits per heavy atom. The van der Waals surface area contributed by atoms with Gasteiger partial charge in [0.2, 0.25) is 15.9 Å². The molecule has 0 bridgehead atoms. The Hall–Kier alpha value is -1.47. The predicted octanol–water partition coefficient (Wildman–Crippen LogP) is 1.84. The molecule has 4 rings (SSSR count). The molecule has 1 aromatic rings. The van der Waals surface area contributed by atoms with E-state index in [1.54, 1.807) is 4.31 Å². The molecule has 2 aliphatic heterocycles. The van der Waals surface area contributed by atoms with Crippen LogP contribution in [0.2, 0.25) is 0 Å². The lowest BCUT2D eigenvalue weighted by Gasteiger charge is -2.44. The molecule has 0 N–H and O–H groups in total. The van der Waals surface area contributed by atoms with Crippen LogP contribution in [-0.2, 0) is 21.4 Å². The molecule has 1 aliphatic carbocycles. The van der Waals surface area contributed by atoms with E-state index in [2.05, 4.69) is 4.98 Å². The fourth-order valence-electron chi connectivity index (χ4n) is 4.23. The minimum atomic E-state index is -3.11. The maximum Gasteiger partial charge on any atom is 0.223 e. The fraction of sp³-hybridized carbons (Fsp3) is 0.667. The summed E-state index contributed by atoms with van der Waals surface area (Å²) < 4.78 is 26.6. The highest BCUT2D eigenvalue weighted by Gasteiger charge is 2.50. The van der Waals surface area contributed by atoms with Gasteiger partial charge in [-0.25, -0.2) is 12.7 Å². The molecular weight excluding hydrogens is 338 g/mol. The molecule has 1 aromatic heterocycles. The Labute approximate surface area is 149 Å². The SMILES string of the molecule is Cc1cccc(CN2C(=O)CCC23CCN(S(=O)(=O)C2CC2)CC3)n1. The normalized spacial score (nSPS) is 24.2. The van der Waals surface area contributed by atoms with Crippen LogP contribution in [-0.4, -0.2) is 52.4 Å². The first-order valence-electron chi connectivity index (χ1n) is 9.13. The average Bonchev–Trinajstić information content (AvgIpc) is 3.40. The van der Waals surface area contributed by atoms with Gasteiger partial charge < -0.3 is 4.90 Å². The molecule has 1 saturated carbocycles. The Bertz CT molecular complexity index is 781. The van der Waals surface area contributed by atoms with Gasteiger partial charge in [-0.15, -0.1) is 0 Å². The van der Waals surface area contributed by atoms with Gasteiger partial charge in [0.1, 0.15) is 0 Å². The molecule has 2 saturated heterocycles. The molecule has 0 atom stereocenters. The van der Waals surface area contributed by atoms with Crippen LogP contribution in [0.4, 0.5) is 0 Å². The lowest BCUT2D eigenvalue weighted by atomic mass is 9.85. The van der Waals surface area contributed by atoms with E-state index >= 15 is 0 Å². The topological polar surface area (TPSA) is 70.6 Å². The zero-order chi connectivity index (χ0) is 17.7. The smallest absolute Gasteiger partial charge is 0.223 e. The second-order valence-corrected chi connectivity index (χ2v) is 9.83. The summed E-state index contributed by atoms with van der Waals surface area (Å²) in [5.74, 6) is 0.168. The zero-order valence-electron chi connectivity index (χ0n) is 14.6. The average molecular weight is 363 g/mol. The van der Waals surface area contributed by atoms with Crippen molar-refractivity contribution in [3.05, 3.63) is 29.6 Å². The molecular formula is C18H25N3O3S. The highest BCUT2D eigenvalue weighted by molar-refractivity contribution is 7.90. The van der Waals surface area contributed by atoms with Gasteiger partial charge in [0.05, 0.1) is 17.5 Å². The molecule has 3 heterocycles. The van der Waals surface area contributed by atoms with Crippen molar-refractivity contribution in [2.45, 2.75) is 62.8 Å². The first-order chi connectivity index (χ1) is 11.9. The number of aromatic nitrogens is 1. The van der Waals surface area contributed by atoms with E-state index in [4.69, 9.17) is 0 Å². The van der Waals surface area contributed by atoms with Crippen LogP contribution in [0.5, 0.6) is 0 Å². The van der Waals surface area contributed by atoms with Crippen molar-refractivity contribution in [2.24, 2.45) is 0 Å². The summed E-state index contributed by atoms with van der Waals surface area (Å²) in [6.07, 6.45) is 4.45. The Morgan fingerprint density at radius 3 is 2.56 bits per heavy atom. The number of pyridine rings is 1. The van der Waals surface area contributed by atoms with Crippen molar-refractivity contribution in [1.29, 1.82) is 0 Å². The van der Waals surface area contributed by atoms with Crippen LogP contribution in [0.15, 0.2) is 18.2 Å². The number of carbonyl (C=O) groups is 1. The number of sulfonamides is 1. The minimum absolute atomic E-state index is 0.153. The van der Waals surface area contributed by atoms with Crippen LogP contribution in [0.1, 0.15) is 49.9 Å². The summed E-state index contributed by atoms with van der Waals surface area (Å²) >= 11 is 0. The van der Waals surface area contributed by atoms with E-state index in [9.17, 15) is 13.2 Å². The van der Waals surface area contributed by atoms with Crippen LogP contribution >= 0.6 is 0 Å². The van der Waals surface area contributed by atoms with Crippen molar-refractivity contribution in [3.63, 3.8) is 0 Å². The highest BCUT2D eigenvalue weighted by atomic mass is 32.2. The number of hydrogen-bond acceptors (Lipinski definition) is 4. The van der Waals surface area contributed by atoms with E-state index in [0.717, 1.165) is 43.5 Å². The Kier molecular flexibility index (Phi) is 4.11. The van der Waals surface area contributed by atoms with Gasteiger partial charge in [0.25, 0.3) is 0 Å². The quantitative estimate of drug-likeness (QED) is 0.818. The second kappa shape index (κ2) is 6.06. The monoisotopic (exact) mass is 363 g/mol. The second-order valence-electron chi connectivity index (χ2n) is 7.62. The van der Waals surface area contributed by atoms with Crippen molar-refractivity contribution in [2.75, 3.05) is 13.1 Å². The number of likely N-dealkylation sites (tertiary alicyclic amines) is 1.